The molecular formula is C14H20N2S. The van der Waals surface area contributed by atoms with Crippen molar-refractivity contribution in [3.8, 4) is 0 Å². The molecule has 1 aromatic rings. The van der Waals surface area contributed by atoms with Crippen molar-refractivity contribution in [2.24, 2.45) is 0 Å². The minimum atomic E-state index is 0.238. The third-order valence-electron chi connectivity index (χ3n) is 4.29. The van der Waals surface area contributed by atoms with E-state index < -0.39 is 0 Å². The molecule has 0 spiro atoms. The first-order chi connectivity index (χ1) is 8.12. The van der Waals surface area contributed by atoms with Crippen LogP contribution in [-0.4, -0.2) is 23.8 Å². The minimum Gasteiger partial charge on any atom is -0.343 e. The molecule has 92 valence electrons. The third-order valence-corrected chi connectivity index (χ3v) is 5.44. The van der Waals surface area contributed by atoms with Gasteiger partial charge in [0.2, 0.25) is 0 Å². The molecule has 1 N–H and O–H groups in total. The molecule has 0 bridgehead atoms. The average molecular weight is 248 g/mol. The van der Waals surface area contributed by atoms with Crippen molar-refractivity contribution >= 4 is 17.4 Å². The monoisotopic (exact) mass is 248 g/mol. The standard InChI is InChI=1S/C14H20N2S/c1-10-14(2,3)11-6-4-5-7-12(11)16(10)13-15-8-9-17-13/h4-7,10,13,15H,8-9H2,1-3H3/t10?,13-/m1/s1. The Bertz CT molecular complexity index is 424. The summed E-state index contributed by atoms with van der Waals surface area (Å²) in [6.45, 7) is 8.19. The molecule has 1 aromatic carbocycles. The van der Waals surface area contributed by atoms with E-state index in [4.69, 9.17) is 0 Å². The van der Waals surface area contributed by atoms with E-state index in [2.05, 4.69) is 55.3 Å². The summed E-state index contributed by atoms with van der Waals surface area (Å²) < 4.78 is 0. The van der Waals surface area contributed by atoms with Gasteiger partial charge >= 0.3 is 0 Å². The molecule has 0 aromatic heterocycles. The van der Waals surface area contributed by atoms with Crippen LogP contribution in [0.1, 0.15) is 26.3 Å². The Kier molecular flexibility index (Phi) is 2.64. The summed E-state index contributed by atoms with van der Waals surface area (Å²) in [7, 11) is 0. The summed E-state index contributed by atoms with van der Waals surface area (Å²) in [5, 5.41) is 3.60. The molecule has 2 aliphatic heterocycles. The van der Waals surface area contributed by atoms with E-state index in [-0.39, 0.29) is 5.41 Å². The van der Waals surface area contributed by atoms with Gasteiger partial charge in [-0.1, -0.05) is 32.0 Å². The molecule has 0 aliphatic carbocycles. The van der Waals surface area contributed by atoms with Crippen LogP contribution < -0.4 is 10.2 Å². The molecule has 0 radical (unpaired) electrons. The summed E-state index contributed by atoms with van der Waals surface area (Å²) in [6, 6.07) is 9.40. The lowest BCUT2D eigenvalue weighted by atomic mass is 9.81. The van der Waals surface area contributed by atoms with E-state index >= 15 is 0 Å². The van der Waals surface area contributed by atoms with E-state index in [0.717, 1.165) is 6.54 Å². The zero-order chi connectivity index (χ0) is 12.0. The number of fused-ring (bicyclic) bond motifs is 1. The number of hydrogen-bond donors (Lipinski definition) is 1. The zero-order valence-corrected chi connectivity index (χ0v) is 11.6. The molecule has 1 fully saturated rings. The maximum absolute atomic E-state index is 3.60. The van der Waals surface area contributed by atoms with Crippen LogP contribution in [0.4, 0.5) is 5.69 Å². The van der Waals surface area contributed by atoms with E-state index in [9.17, 15) is 0 Å². The Balaban J connectivity index is 2.05. The van der Waals surface area contributed by atoms with Gasteiger partial charge in [-0.15, -0.1) is 11.8 Å². The largest absolute Gasteiger partial charge is 0.343 e. The van der Waals surface area contributed by atoms with Crippen LogP contribution in [0.5, 0.6) is 0 Å². The van der Waals surface area contributed by atoms with Gasteiger partial charge in [0, 0.05) is 29.4 Å². The number of nitrogens with one attached hydrogen (secondary N) is 1. The molecule has 3 rings (SSSR count). The number of hydrogen-bond acceptors (Lipinski definition) is 3. The highest BCUT2D eigenvalue weighted by molar-refractivity contribution is 8.00. The zero-order valence-electron chi connectivity index (χ0n) is 10.7. The fourth-order valence-electron chi connectivity index (χ4n) is 2.94. The number of benzene rings is 1. The summed E-state index contributed by atoms with van der Waals surface area (Å²) >= 11 is 2.02. The maximum atomic E-state index is 3.60. The molecule has 2 nitrogen and oxygen atoms in total. The Labute approximate surface area is 108 Å². The number of anilines is 1. The number of thioether (sulfide) groups is 1. The molecule has 17 heavy (non-hydrogen) atoms. The first kappa shape index (κ1) is 11.4. The molecular weight excluding hydrogens is 228 g/mol. The van der Waals surface area contributed by atoms with Crippen LogP contribution in [-0.2, 0) is 5.41 Å². The Hall–Kier alpha value is -0.670. The lowest BCUT2D eigenvalue weighted by Crippen LogP contribution is -2.47. The maximum Gasteiger partial charge on any atom is 0.128 e. The Morgan fingerprint density at radius 1 is 1.35 bits per heavy atom. The lowest BCUT2D eigenvalue weighted by molar-refractivity contribution is 0.427. The smallest absolute Gasteiger partial charge is 0.128 e. The second-order valence-electron chi connectivity index (χ2n) is 5.50. The molecule has 2 aliphatic rings. The second-order valence-corrected chi connectivity index (χ2v) is 6.69. The van der Waals surface area contributed by atoms with E-state index in [1.165, 1.54) is 17.0 Å². The molecule has 2 atom stereocenters. The second kappa shape index (κ2) is 3.92. The SMILES string of the molecule is CC1N([C@H]2NCCS2)c2ccccc2C1(C)C. The quantitative estimate of drug-likeness (QED) is 0.823. The van der Waals surface area contributed by atoms with Gasteiger partial charge in [-0.2, -0.15) is 0 Å². The number of nitrogens with zero attached hydrogens (tertiary/aromatic N) is 1. The van der Waals surface area contributed by atoms with Gasteiger partial charge in [-0.3, -0.25) is 5.32 Å². The van der Waals surface area contributed by atoms with E-state index in [1.54, 1.807) is 0 Å². The van der Waals surface area contributed by atoms with Gasteiger partial charge in [0.15, 0.2) is 0 Å². The van der Waals surface area contributed by atoms with Gasteiger partial charge in [-0.05, 0) is 18.6 Å². The predicted molar refractivity (Wildman–Crippen MR) is 75.7 cm³/mol. The topological polar surface area (TPSA) is 15.3 Å². The molecule has 1 saturated heterocycles. The van der Waals surface area contributed by atoms with Crippen molar-refractivity contribution in [3.05, 3.63) is 29.8 Å². The van der Waals surface area contributed by atoms with Crippen molar-refractivity contribution in [1.29, 1.82) is 0 Å². The summed E-state index contributed by atoms with van der Waals surface area (Å²) in [6.07, 6.45) is 0. The fourth-order valence-corrected chi connectivity index (χ4v) is 4.10. The molecule has 1 unspecified atom stereocenters. The van der Waals surface area contributed by atoms with Crippen molar-refractivity contribution in [2.45, 2.75) is 37.7 Å². The van der Waals surface area contributed by atoms with Gasteiger partial charge in [0.25, 0.3) is 0 Å². The minimum absolute atomic E-state index is 0.238. The van der Waals surface area contributed by atoms with Crippen molar-refractivity contribution in [2.75, 3.05) is 17.2 Å². The molecule has 3 heteroatoms. The van der Waals surface area contributed by atoms with Crippen LogP contribution in [0, 0.1) is 0 Å². The molecule has 0 saturated carbocycles. The van der Waals surface area contributed by atoms with Crippen LogP contribution in [0.15, 0.2) is 24.3 Å². The lowest BCUT2D eigenvalue weighted by Gasteiger charge is -2.35. The highest BCUT2D eigenvalue weighted by Crippen LogP contribution is 2.47. The van der Waals surface area contributed by atoms with Crippen LogP contribution in [0.3, 0.4) is 0 Å². The van der Waals surface area contributed by atoms with Gasteiger partial charge in [-0.25, -0.2) is 0 Å². The Morgan fingerprint density at radius 3 is 2.82 bits per heavy atom. The van der Waals surface area contributed by atoms with Gasteiger partial charge in [0.05, 0.1) is 0 Å². The van der Waals surface area contributed by atoms with Gasteiger partial charge < -0.3 is 4.90 Å². The third kappa shape index (κ3) is 1.59. The summed E-state index contributed by atoms with van der Waals surface area (Å²) in [4.78, 5) is 2.56. The van der Waals surface area contributed by atoms with Crippen LogP contribution >= 0.6 is 11.8 Å². The normalized spacial score (nSPS) is 30.6. The van der Waals surface area contributed by atoms with Crippen molar-refractivity contribution < 1.29 is 0 Å². The van der Waals surface area contributed by atoms with Crippen LogP contribution in [0.25, 0.3) is 0 Å². The highest BCUT2D eigenvalue weighted by Gasteiger charge is 2.44. The first-order valence-electron chi connectivity index (χ1n) is 6.35. The average Bonchev–Trinajstić information content (AvgIpc) is 2.88. The van der Waals surface area contributed by atoms with Crippen molar-refractivity contribution in [1.82, 2.24) is 5.32 Å². The van der Waals surface area contributed by atoms with Crippen LogP contribution in [0.2, 0.25) is 0 Å². The summed E-state index contributed by atoms with van der Waals surface area (Å²) in [5.41, 5.74) is 3.59. The molecule has 2 heterocycles. The van der Waals surface area contributed by atoms with Gasteiger partial charge in [0.1, 0.15) is 5.50 Å². The predicted octanol–water partition coefficient (Wildman–Crippen LogP) is 2.79. The number of rotatable bonds is 1. The molecule has 0 amide bonds. The van der Waals surface area contributed by atoms with E-state index in [1.807, 2.05) is 11.8 Å². The first-order valence-corrected chi connectivity index (χ1v) is 7.40. The summed E-state index contributed by atoms with van der Waals surface area (Å²) in [5.74, 6) is 1.22. The highest BCUT2D eigenvalue weighted by atomic mass is 32.2. The Morgan fingerprint density at radius 2 is 2.12 bits per heavy atom. The fraction of sp³-hybridized carbons (Fsp3) is 0.571. The number of para-hydroxylation sites is 1. The van der Waals surface area contributed by atoms with Crippen molar-refractivity contribution in [3.63, 3.8) is 0 Å². The van der Waals surface area contributed by atoms with E-state index in [0.29, 0.717) is 11.5 Å².